The van der Waals surface area contributed by atoms with Crippen LogP contribution in [0.25, 0.3) is 0 Å². The number of rotatable bonds is 3. The van der Waals surface area contributed by atoms with Gasteiger partial charge in [0, 0.05) is 31.5 Å². The van der Waals surface area contributed by atoms with Gasteiger partial charge in [0.15, 0.2) is 0 Å². The van der Waals surface area contributed by atoms with Crippen LogP contribution in [-0.4, -0.2) is 31.8 Å². The highest BCUT2D eigenvalue weighted by atomic mass is 19.1. The van der Waals surface area contributed by atoms with Gasteiger partial charge in [-0.1, -0.05) is 6.07 Å². The van der Waals surface area contributed by atoms with Crippen LogP contribution >= 0.6 is 0 Å². The van der Waals surface area contributed by atoms with Gasteiger partial charge in [-0.25, -0.2) is 8.78 Å². The summed E-state index contributed by atoms with van der Waals surface area (Å²) in [6.45, 7) is 3.40. The van der Waals surface area contributed by atoms with E-state index >= 15 is 0 Å². The molecule has 0 aliphatic carbocycles. The second-order valence-corrected chi connectivity index (χ2v) is 6.63. The first-order valence-electron chi connectivity index (χ1n) is 8.49. The Morgan fingerprint density at radius 1 is 1.25 bits per heavy atom. The van der Waals surface area contributed by atoms with Crippen LogP contribution in [0.2, 0.25) is 0 Å². The lowest BCUT2D eigenvalue weighted by Gasteiger charge is -2.40. The average molecular weight is 339 g/mol. The van der Waals surface area contributed by atoms with Crippen LogP contribution in [-0.2, 0) is 19.8 Å². The molecule has 2 atom stereocenters. The molecule has 1 aromatic carbocycles. The molecule has 2 aliphatic rings. The Bertz CT molecular complexity index is 602. The number of halogens is 2. The fourth-order valence-electron chi connectivity index (χ4n) is 3.66. The van der Waals surface area contributed by atoms with Crippen LogP contribution in [0, 0.1) is 17.6 Å². The smallest absolute Gasteiger partial charge is 0.226 e. The van der Waals surface area contributed by atoms with Crippen molar-refractivity contribution in [2.75, 3.05) is 19.8 Å². The number of carbonyl (C=O) groups excluding carboxylic acids is 1. The molecular formula is C18H23F2NO3. The Morgan fingerprint density at radius 2 is 2.00 bits per heavy atom. The maximum absolute atomic E-state index is 14.4. The zero-order chi connectivity index (χ0) is 17.2. The second kappa shape index (κ2) is 7.15. The van der Waals surface area contributed by atoms with E-state index in [2.05, 4.69) is 5.32 Å². The van der Waals surface area contributed by atoms with Crippen molar-refractivity contribution in [2.45, 2.75) is 44.2 Å². The van der Waals surface area contributed by atoms with E-state index in [1.807, 2.05) is 6.92 Å². The standard InChI is InChI=1S/C18H23F2NO3/c1-12-14(3-2-8-24-12)17(22)21-18(6-9-23-10-7-18)15-5-4-13(19)11-16(15)20/h4-5,11-12,14H,2-3,6-10H2,1H3,(H,21,22)/t12-,14+/m1/s1. The number of hydrogen-bond donors (Lipinski definition) is 1. The van der Waals surface area contributed by atoms with Crippen LogP contribution in [0.5, 0.6) is 0 Å². The van der Waals surface area contributed by atoms with Crippen LogP contribution < -0.4 is 5.32 Å². The van der Waals surface area contributed by atoms with Gasteiger partial charge in [0.2, 0.25) is 5.91 Å². The molecule has 4 nitrogen and oxygen atoms in total. The summed E-state index contributed by atoms with van der Waals surface area (Å²) in [5, 5.41) is 3.05. The highest BCUT2D eigenvalue weighted by molar-refractivity contribution is 5.80. The van der Waals surface area contributed by atoms with E-state index in [0.29, 0.717) is 38.2 Å². The van der Waals surface area contributed by atoms with Gasteiger partial charge in [0.1, 0.15) is 11.6 Å². The minimum atomic E-state index is -0.857. The maximum atomic E-state index is 14.4. The molecule has 2 heterocycles. The summed E-state index contributed by atoms with van der Waals surface area (Å²) in [4.78, 5) is 12.8. The molecule has 24 heavy (non-hydrogen) atoms. The summed E-state index contributed by atoms with van der Waals surface area (Å²) in [5.41, 5.74) is -0.533. The molecule has 0 bridgehead atoms. The molecule has 3 rings (SSSR count). The summed E-state index contributed by atoms with van der Waals surface area (Å²) in [6.07, 6.45) is 2.36. The van der Waals surface area contributed by atoms with Gasteiger partial charge in [0.05, 0.1) is 17.6 Å². The Labute approximate surface area is 140 Å². The molecule has 1 aromatic rings. The van der Waals surface area contributed by atoms with Crippen molar-refractivity contribution in [1.82, 2.24) is 5.32 Å². The number of benzene rings is 1. The molecular weight excluding hydrogens is 316 g/mol. The van der Waals surface area contributed by atoms with Crippen LogP contribution in [0.15, 0.2) is 18.2 Å². The quantitative estimate of drug-likeness (QED) is 0.921. The van der Waals surface area contributed by atoms with Gasteiger partial charge >= 0.3 is 0 Å². The summed E-state index contributed by atoms with van der Waals surface area (Å²) >= 11 is 0. The second-order valence-electron chi connectivity index (χ2n) is 6.63. The molecule has 2 fully saturated rings. The van der Waals surface area contributed by atoms with Crippen molar-refractivity contribution >= 4 is 5.91 Å². The van der Waals surface area contributed by atoms with E-state index in [1.54, 1.807) is 0 Å². The molecule has 2 saturated heterocycles. The van der Waals surface area contributed by atoms with E-state index in [9.17, 15) is 13.6 Å². The molecule has 0 unspecified atom stereocenters. The highest BCUT2D eigenvalue weighted by Gasteiger charge is 2.40. The Kier molecular flexibility index (Phi) is 5.15. The summed E-state index contributed by atoms with van der Waals surface area (Å²) in [6, 6.07) is 3.52. The van der Waals surface area contributed by atoms with Gasteiger partial charge in [-0.2, -0.15) is 0 Å². The first-order valence-corrected chi connectivity index (χ1v) is 8.49. The van der Waals surface area contributed by atoms with Crippen molar-refractivity contribution in [1.29, 1.82) is 0 Å². The van der Waals surface area contributed by atoms with E-state index in [1.165, 1.54) is 12.1 Å². The number of carbonyl (C=O) groups is 1. The van der Waals surface area contributed by atoms with Crippen molar-refractivity contribution < 1.29 is 23.0 Å². The summed E-state index contributed by atoms with van der Waals surface area (Å²) in [5.74, 6) is -1.64. The predicted octanol–water partition coefficient (Wildman–Crippen LogP) is 2.90. The lowest BCUT2D eigenvalue weighted by molar-refractivity contribution is -0.136. The molecule has 0 saturated carbocycles. The van der Waals surface area contributed by atoms with E-state index in [4.69, 9.17) is 9.47 Å². The Balaban J connectivity index is 1.87. The summed E-state index contributed by atoms with van der Waals surface area (Å²) in [7, 11) is 0. The highest BCUT2D eigenvalue weighted by Crippen LogP contribution is 2.35. The lowest BCUT2D eigenvalue weighted by atomic mass is 9.81. The molecule has 132 valence electrons. The minimum Gasteiger partial charge on any atom is -0.381 e. The monoisotopic (exact) mass is 339 g/mol. The number of amides is 1. The van der Waals surface area contributed by atoms with Crippen molar-refractivity contribution in [3.63, 3.8) is 0 Å². The normalized spacial score (nSPS) is 26.8. The third kappa shape index (κ3) is 3.44. The van der Waals surface area contributed by atoms with Crippen LogP contribution in [0.1, 0.15) is 38.2 Å². The number of hydrogen-bond acceptors (Lipinski definition) is 3. The SMILES string of the molecule is C[C@H]1OCCC[C@@H]1C(=O)NC1(c2ccc(F)cc2F)CCOCC1. The third-order valence-corrected chi connectivity index (χ3v) is 5.10. The Morgan fingerprint density at radius 3 is 2.67 bits per heavy atom. The number of nitrogens with one attached hydrogen (secondary N) is 1. The van der Waals surface area contributed by atoms with Gasteiger partial charge < -0.3 is 14.8 Å². The Hall–Kier alpha value is -1.53. The molecule has 0 spiro atoms. The third-order valence-electron chi connectivity index (χ3n) is 5.10. The molecule has 6 heteroatoms. The average Bonchev–Trinajstić information content (AvgIpc) is 2.55. The topological polar surface area (TPSA) is 47.6 Å². The van der Waals surface area contributed by atoms with Crippen LogP contribution in [0.4, 0.5) is 8.78 Å². The summed E-state index contributed by atoms with van der Waals surface area (Å²) < 4.78 is 38.6. The van der Waals surface area contributed by atoms with E-state index in [-0.39, 0.29) is 17.9 Å². The molecule has 0 aromatic heterocycles. The fourth-order valence-corrected chi connectivity index (χ4v) is 3.66. The predicted molar refractivity (Wildman–Crippen MR) is 84.4 cm³/mol. The maximum Gasteiger partial charge on any atom is 0.226 e. The molecule has 0 radical (unpaired) electrons. The lowest BCUT2D eigenvalue weighted by Crippen LogP contribution is -2.53. The van der Waals surface area contributed by atoms with Gasteiger partial charge in [-0.15, -0.1) is 0 Å². The molecule has 2 aliphatic heterocycles. The van der Waals surface area contributed by atoms with E-state index in [0.717, 1.165) is 18.9 Å². The van der Waals surface area contributed by atoms with Crippen molar-refractivity contribution in [3.8, 4) is 0 Å². The first kappa shape index (κ1) is 17.3. The number of ether oxygens (including phenoxy) is 2. The zero-order valence-corrected chi connectivity index (χ0v) is 13.8. The van der Waals surface area contributed by atoms with Gasteiger partial charge in [-0.3, -0.25) is 4.79 Å². The van der Waals surface area contributed by atoms with Crippen molar-refractivity contribution in [3.05, 3.63) is 35.4 Å². The molecule has 1 N–H and O–H groups in total. The van der Waals surface area contributed by atoms with Gasteiger partial charge in [-0.05, 0) is 38.7 Å². The fraction of sp³-hybridized carbons (Fsp3) is 0.611. The van der Waals surface area contributed by atoms with Crippen molar-refractivity contribution in [2.24, 2.45) is 5.92 Å². The minimum absolute atomic E-state index is 0.132. The zero-order valence-electron chi connectivity index (χ0n) is 13.8. The largest absolute Gasteiger partial charge is 0.381 e. The van der Waals surface area contributed by atoms with Crippen LogP contribution in [0.3, 0.4) is 0 Å². The van der Waals surface area contributed by atoms with E-state index < -0.39 is 17.2 Å². The first-order chi connectivity index (χ1) is 11.5. The van der Waals surface area contributed by atoms with Gasteiger partial charge in [0.25, 0.3) is 0 Å². The molecule has 1 amide bonds.